The molecule has 4 N–H and O–H groups in total. The van der Waals surface area contributed by atoms with Crippen molar-refractivity contribution in [1.29, 1.82) is 0 Å². The van der Waals surface area contributed by atoms with Crippen LogP contribution in [0.15, 0.2) is 85.2 Å². The lowest BCUT2D eigenvalue weighted by molar-refractivity contribution is -0.347. The van der Waals surface area contributed by atoms with Gasteiger partial charge in [-0.3, -0.25) is 4.98 Å². The first-order valence-corrected chi connectivity index (χ1v) is 11.9. The molecule has 2 aromatic heterocycles. The van der Waals surface area contributed by atoms with Gasteiger partial charge in [0.05, 0.1) is 13.2 Å². The van der Waals surface area contributed by atoms with Gasteiger partial charge in [-0.1, -0.05) is 29.2 Å². The third-order valence-electron chi connectivity index (χ3n) is 5.91. The van der Waals surface area contributed by atoms with Crippen molar-refractivity contribution in [3.63, 3.8) is 0 Å². The number of ether oxygens (including phenoxy) is 2. The lowest BCUT2D eigenvalue weighted by Crippen LogP contribution is -2.36. The number of benzene rings is 3. The molecule has 0 bridgehead atoms. The van der Waals surface area contributed by atoms with Crippen LogP contribution in [0.3, 0.4) is 0 Å². The Hall–Kier alpha value is -4.63. The first kappa shape index (κ1) is 21.9. The highest BCUT2D eigenvalue weighted by molar-refractivity contribution is 5.84. The summed E-state index contributed by atoms with van der Waals surface area (Å²) in [5.41, 5.74) is 4.40. The average Bonchev–Trinajstić information content (AvgIpc) is 3.40. The first-order valence-electron chi connectivity index (χ1n) is 11.9. The van der Waals surface area contributed by atoms with Crippen molar-refractivity contribution >= 4 is 40.0 Å². The van der Waals surface area contributed by atoms with Gasteiger partial charge >= 0.3 is 11.6 Å². The summed E-state index contributed by atoms with van der Waals surface area (Å²) in [6.07, 6.45) is 1.74. The number of nitrogens with zero attached hydrogens (tertiary/aromatic N) is 3. The van der Waals surface area contributed by atoms with E-state index in [1.54, 1.807) is 6.33 Å². The molecule has 0 radical (unpaired) electrons. The molecular formula is C27H26N7O2+. The van der Waals surface area contributed by atoms with Crippen LogP contribution in [0.5, 0.6) is 11.5 Å². The summed E-state index contributed by atoms with van der Waals surface area (Å²) in [6.45, 7) is 3.33. The van der Waals surface area contributed by atoms with E-state index in [2.05, 4.69) is 42.6 Å². The van der Waals surface area contributed by atoms with Crippen LogP contribution in [0.1, 0.15) is 0 Å². The number of hydrogen-bond acceptors (Lipinski definition) is 7. The Bertz CT molecular complexity index is 1450. The molecule has 1 saturated heterocycles. The van der Waals surface area contributed by atoms with Crippen LogP contribution in [-0.4, -0.2) is 41.3 Å². The monoisotopic (exact) mass is 480 g/mol. The molecule has 9 nitrogen and oxygen atoms in total. The van der Waals surface area contributed by atoms with E-state index in [4.69, 9.17) is 14.5 Å². The highest BCUT2D eigenvalue weighted by Crippen LogP contribution is 2.28. The summed E-state index contributed by atoms with van der Waals surface area (Å²) >= 11 is 0. The van der Waals surface area contributed by atoms with Crippen molar-refractivity contribution in [3.8, 4) is 11.5 Å². The summed E-state index contributed by atoms with van der Waals surface area (Å²) < 4.78 is 11.4. The molecular weight excluding hydrogens is 454 g/mol. The van der Waals surface area contributed by atoms with Crippen molar-refractivity contribution in [3.05, 3.63) is 85.2 Å². The van der Waals surface area contributed by atoms with Crippen LogP contribution >= 0.6 is 0 Å². The molecule has 0 saturated carbocycles. The van der Waals surface area contributed by atoms with E-state index < -0.39 is 0 Å². The number of hydrogen-bond donors (Lipinski definition) is 3. The first-order chi connectivity index (χ1) is 17.8. The van der Waals surface area contributed by atoms with Gasteiger partial charge in [-0.2, -0.15) is 4.98 Å². The van der Waals surface area contributed by atoms with Gasteiger partial charge in [0.25, 0.3) is 0 Å². The summed E-state index contributed by atoms with van der Waals surface area (Å²) in [7, 11) is 0. The standard InChI is InChI=1S/C27H25N7O2/c1-2-6-22(7-3-1)36-23-8-4-5-20(17-23)30-26-24-25(29-18-28-24)32-27(33-26)31-19-9-11-21(12-10-19)34-13-15-35-16-14-34/h1-12,17-18H,13-16H2,(H3,28,29,30,31,32,33)/p+1. The van der Waals surface area contributed by atoms with Crippen molar-refractivity contribution in [1.82, 2.24) is 15.0 Å². The topological polar surface area (TPSA) is 101 Å². The number of fused-ring (bicyclic) bond motifs is 1. The van der Waals surface area contributed by atoms with Crippen LogP contribution in [0, 0.1) is 0 Å². The van der Waals surface area contributed by atoms with Gasteiger partial charge in [0, 0.05) is 36.2 Å². The third kappa shape index (κ3) is 4.91. The van der Waals surface area contributed by atoms with Gasteiger partial charge < -0.3 is 25.0 Å². The Morgan fingerprint density at radius 3 is 2.47 bits per heavy atom. The second-order valence-corrected chi connectivity index (χ2v) is 8.39. The zero-order valence-corrected chi connectivity index (χ0v) is 19.6. The van der Waals surface area contributed by atoms with Gasteiger partial charge in [-0.05, 0) is 48.5 Å². The second-order valence-electron chi connectivity index (χ2n) is 8.39. The van der Waals surface area contributed by atoms with E-state index >= 15 is 0 Å². The van der Waals surface area contributed by atoms with Crippen LogP contribution in [0.4, 0.5) is 28.8 Å². The summed E-state index contributed by atoms with van der Waals surface area (Å²) in [5, 5.41) is 6.72. The predicted octanol–water partition coefficient (Wildman–Crippen LogP) is 4.89. The zero-order valence-electron chi connectivity index (χ0n) is 19.6. The number of rotatable bonds is 7. The van der Waals surface area contributed by atoms with E-state index in [1.165, 1.54) is 5.69 Å². The maximum absolute atomic E-state index is 5.98. The van der Waals surface area contributed by atoms with E-state index in [9.17, 15) is 0 Å². The fourth-order valence-corrected chi connectivity index (χ4v) is 4.13. The van der Waals surface area contributed by atoms with Crippen molar-refractivity contribution in [2.45, 2.75) is 0 Å². The smallest absolute Gasteiger partial charge is 0.307 e. The van der Waals surface area contributed by atoms with Crippen molar-refractivity contribution < 1.29 is 14.5 Å². The molecule has 6 rings (SSSR count). The molecule has 3 aromatic carbocycles. The van der Waals surface area contributed by atoms with E-state index in [-0.39, 0.29) is 0 Å². The number of morpholine rings is 1. The third-order valence-corrected chi connectivity index (χ3v) is 5.91. The average molecular weight is 481 g/mol. The molecule has 5 aromatic rings. The minimum atomic E-state index is 0.483. The maximum atomic E-state index is 5.98. The Labute approximate surface area is 208 Å². The number of imidazole rings is 1. The molecule has 1 aliphatic rings. The van der Waals surface area contributed by atoms with Crippen molar-refractivity contribution in [2.24, 2.45) is 0 Å². The molecule has 0 amide bonds. The fraction of sp³-hybridized carbons (Fsp3) is 0.148. The molecule has 0 atom stereocenters. The number of anilines is 5. The fourth-order valence-electron chi connectivity index (χ4n) is 4.13. The Morgan fingerprint density at radius 1 is 0.833 bits per heavy atom. The SMILES string of the molecule is c1ccc(Oc2cccc(Nc3nc(Nc4ccc(N5CCOCC5)cc4)nc4[nH+]c[nH]c34)c2)cc1. The highest BCUT2D eigenvalue weighted by Gasteiger charge is 2.17. The Morgan fingerprint density at radius 2 is 1.64 bits per heavy atom. The lowest BCUT2D eigenvalue weighted by Gasteiger charge is -2.28. The van der Waals surface area contributed by atoms with E-state index in [0.717, 1.165) is 54.7 Å². The molecule has 9 heteroatoms. The quantitative estimate of drug-likeness (QED) is 0.305. The molecule has 36 heavy (non-hydrogen) atoms. The summed E-state index contributed by atoms with van der Waals surface area (Å²) in [6, 6.07) is 25.7. The Balaban J connectivity index is 1.22. The number of aromatic amines is 2. The van der Waals surface area contributed by atoms with Crippen LogP contribution in [-0.2, 0) is 4.74 Å². The molecule has 0 aliphatic carbocycles. The minimum Gasteiger partial charge on any atom is -0.457 e. The molecule has 180 valence electrons. The van der Waals surface area contributed by atoms with Gasteiger partial charge in [-0.25, -0.2) is 4.98 Å². The second kappa shape index (κ2) is 9.93. The number of aromatic nitrogens is 4. The molecule has 0 spiro atoms. The van der Waals surface area contributed by atoms with Gasteiger partial charge in [0.1, 0.15) is 11.5 Å². The maximum Gasteiger partial charge on any atom is 0.307 e. The molecule has 3 heterocycles. The van der Waals surface area contributed by atoms with Crippen molar-refractivity contribution in [2.75, 3.05) is 41.8 Å². The molecule has 1 fully saturated rings. The van der Waals surface area contributed by atoms with E-state index in [1.807, 2.05) is 66.7 Å². The number of nitrogens with one attached hydrogen (secondary N) is 4. The number of para-hydroxylation sites is 1. The van der Waals surface area contributed by atoms with Crippen LogP contribution in [0.25, 0.3) is 11.2 Å². The molecule has 1 aliphatic heterocycles. The highest BCUT2D eigenvalue weighted by atomic mass is 16.5. The Kier molecular flexibility index (Phi) is 6.03. The van der Waals surface area contributed by atoms with E-state index in [0.29, 0.717) is 17.4 Å². The van der Waals surface area contributed by atoms with Crippen LogP contribution in [0.2, 0.25) is 0 Å². The summed E-state index contributed by atoms with van der Waals surface area (Å²) in [5.74, 6) is 2.64. The lowest BCUT2D eigenvalue weighted by atomic mass is 10.2. The zero-order chi connectivity index (χ0) is 24.2. The van der Waals surface area contributed by atoms with Gasteiger partial charge in [0.15, 0.2) is 12.1 Å². The van der Waals surface area contributed by atoms with Gasteiger partial charge in [0.2, 0.25) is 5.52 Å². The van der Waals surface area contributed by atoms with Gasteiger partial charge in [-0.15, -0.1) is 0 Å². The normalized spacial score (nSPS) is 13.5. The number of H-pyrrole nitrogens is 2. The predicted molar refractivity (Wildman–Crippen MR) is 139 cm³/mol. The van der Waals surface area contributed by atoms with Crippen LogP contribution < -0.4 is 25.3 Å². The largest absolute Gasteiger partial charge is 0.457 e. The minimum absolute atomic E-state index is 0.483. The summed E-state index contributed by atoms with van der Waals surface area (Å²) in [4.78, 5) is 18.0. The molecule has 0 unspecified atom stereocenters.